The molecule has 0 aromatic heterocycles. The number of amides is 2. The van der Waals surface area contributed by atoms with E-state index in [1.165, 1.54) is 25.3 Å². The zero-order chi connectivity index (χ0) is 12.8. The summed E-state index contributed by atoms with van der Waals surface area (Å²) in [5.74, 6) is -1.25. The quantitative estimate of drug-likeness (QED) is 0.603. The number of nitrogens with two attached hydrogens (primary N) is 1. The molecule has 92 valence electrons. The number of aromatic hydroxyl groups is 1. The summed E-state index contributed by atoms with van der Waals surface area (Å²) in [6, 6.07) is 4.14. The Kier molecular flexibility index (Phi) is 4.29. The van der Waals surface area contributed by atoms with E-state index in [2.05, 4.69) is 4.84 Å². The summed E-state index contributed by atoms with van der Waals surface area (Å²) >= 11 is 0. The number of hydroxylamine groups is 1. The number of hydrogen-bond donors (Lipinski definition) is 3. The molecule has 0 aliphatic rings. The van der Waals surface area contributed by atoms with Gasteiger partial charge in [0.25, 0.3) is 5.91 Å². The fourth-order valence-electron chi connectivity index (χ4n) is 1.06. The van der Waals surface area contributed by atoms with E-state index in [1.54, 1.807) is 0 Å². The maximum absolute atomic E-state index is 11.5. The Hall–Kier alpha value is -2.28. The Labute approximate surface area is 97.1 Å². The second-order valence-corrected chi connectivity index (χ2v) is 3.07. The van der Waals surface area contributed by atoms with E-state index >= 15 is 0 Å². The Morgan fingerprint density at radius 3 is 2.71 bits per heavy atom. The van der Waals surface area contributed by atoms with E-state index < -0.39 is 18.4 Å². The molecule has 17 heavy (non-hydrogen) atoms. The van der Waals surface area contributed by atoms with Crippen LogP contribution in [0.15, 0.2) is 18.2 Å². The van der Waals surface area contributed by atoms with Crippen LogP contribution in [0.4, 0.5) is 0 Å². The SMILES string of the molecule is COc1ccc(C(=O)NOCC(N)=O)c(O)c1. The number of rotatable bonds is 5. The molecule has 0 heterocycles. The van der Waals surface area contributed by atoms with Crippen LogP contribution in [0.2, 0.25) is 0 Å². The minimum absolute atomic E-state index is 0.00438. The lowest BCUT2D eigenvalue weighted by Gasteiger charge is -2.07. The Balaban J connectivity index is 2.66. The first-order valence-electron chi connectivity index (χ1n) is 4.62. The molecule has 0 bridgehead atoms. The van der Waals surface area contributed by atoms with Crippen molar-refractivity contribution in [2.75, 3.05) is 13.7 Å². The largest absolute Gasteiger partial charge is 0.507 e. The molecular formula is C10H12N2O5. The molecule has 0 saturated carbocycles. The number of benzene rings is 1. The lowest BCUT2D eigenvalue weighted by atomic mass is 10.2. The summed E-state index contributed by atoms with van der Waals surface area (Å²) in [4.78, 5) is 26.3. The van der Waals surface area contributed by atoms with Crippen molar-refractivity contribution >= 4 is 11.8 Å². The highest BCUT2D eigenvalue weighted by Crippen LogP contribution is 2.22. The summed E-state index contributed by atoms with van der Waals surface area (Å²) in [5.41, 5.74) is 6.77. The van der Waals surface area contributed by atoms with Gasteiger partial charge < -0.3 is 15.6 Å². The molecular weight excluding hydrogens is 228 g/mol. The number of carbonyl (C=O) groups excluding carboxylic acids is 2. The average molecular weight is 240 g/mol. The van der Waals surface area contributed by atoms with Crippen LogP contribution < -0.4 is 16.0 Å². The summed E-state index contributed by atoms with van der Waals surface area (Å²) < 4.78 is 4.86. The molecule has 7 heteroatoms. The van der Waals surface area contributed by atoms with Gasteiger partial charge in [0, 0.05) is 6.07 Å². The first-order valence-corrected chi connectivity index (χ1v) is 4.62. The molecule has 0 aliphatic carbocycles. The van der Waals surface area contributed by atoms with Crippen molar-refractivity contribution in [3.63, 3.8) is 0 Å². The van der Waals surface area contributed by atoms with Crippen molar-refractivity contribution in [1.82, 2.24) is 5.48 Å². The molecule has 0 unspecified atom stereocenters. The first-order chi connectivity index (χ1) is 8.04. The molecule has 1 aromatic carbocycles. The van der Waals surface area contributed by atoms with Crippen LogP contribution >= 0.6 is 0 Å². The number of primary amides is 1. The van der Waals surface area contributed by atoms with E-state index in [1.807, 2.05) is 5.48 Å². The summed E-state index contributed by atoms with van der Waals surface area (Å²) in [7, 11) is 1.44. The van der Waals surface area contributed by atoms with Gasteiger partial charge in [-0.2, -0.15) is 0 Å². The molecule has 1 aromatic rings. The highest BCUT2D eigenvalue weighted by atomic mass is 16.7. The molecule has 0 aliphatic heterocycles. The summed E-state index contributed by atoms with van der Waals surface area (Å²) in [6.45, 7) is -0.442. The van der Waals surface area contributed by atoms with Crippen molar-refractivity contribution in [3.05, 3.63) is 23.8 Å². The van der Waals surface area contributed by atoms with Crippen LogP contribution in [0.25, 0.3) is 0 Å². The standard InChI is InChI=1S/C10H12N2O5/c1-16-6-2-3-7(8(13)4-6)10(15)12-17-5-9(11)14/h2-4,13H,5H2,1H3,(H2,11,14)(H,12,15). The van der Waals surface area contributed by atoms with Crippen LogP contribution in [-0.2, 0) is 9.63 Å². The van der Waals surface area contributed by atoms with Gasteiger partial charge in [-0.25, -0.2) is 5.48 Å². The molecule has 0 saturated heterocycles. The third kappa shape index (κ3) is 3.65. The van der Waals surface area contributed by atoms with E-state index in [0.29, 0.717) is 5.75 Å². The van der Waals surface area contributed by atoms with Gasteiger partial charge in [-0.3, -0.25) is 14.4 Å². The zero-order valence-corrected chi connectivity index (χ0v) is 9.10. The van der Waals surface area contributed by atoms with Gasteiger partial charge >= 0.3 is 0 Å². The molecule has 2 amide bonds. The van der Waals surface area contributed by atoms with E-state index in [4.69, 9.17) is 10.5 Å². The second-order valence-electron chi connectivity index (χ2n) is 3.07. The first kappa shape index (κ1) is 12.8. The van der Waals surface area contributed by atoms with Crippen molar-refractivity contribution in [2.24, 2.45) is 5.73 Å². The minimum Gasteiger partial charge on any atom is -0.507 e. The molecule has 4 N–H and O–H groups in total. The monoisotopic (exact) mass is 240 g/mol. The molecule has 0 spiro atoms. The predicted molar refractivity (Wildman–Crippen MR) is 57.3 cm³/mol. The predicted octanol–water partition coefficient (Wildman–Crippen LogP) is -0.453. The van der Waals surface area contributed by atoms with Crippen molar-refractivity contribution in [1.29, 1.82) is 0 Å². The maximum atomic E-state index is 11.5. The lowest BCUT2D eigenvalue weighted by Crippen LogP contribution is -2.29. The van der Waals surface area contributed by atoms with Crippen molar-refractivity contribution < 1.29 is 24.3 Å². The number of carbonyl (C=O) groups is 2. The maximum Gasteiger partial charge on any atom is 0.278 e. The van der Waals surface area contributed by atoms with E-state index in [-0.39, 0.29) is 11.3 Å². The number of nitrogens with one attached hydrogen (secondary N) is 1. The Bertz CT molecular complexity index is 433. The second kappa shape index (κ2) is 5.71. The van der Waals surface area contributed by atoms with Gasteiger partial charge in [0.15, 0.2) is 6.61 Å². The van der Waals surface area contributed by atoms with Gasteiger partial charge in [0.2, 0.25) is 5.91 Å². The Morgan fingerprint density at radius 1 is 1.47 bits per heavy atom. The summed E-state index contributed by atoms with van der Waals surface area (Å²) in [6.07, 6.45) is 0. The zero-order valence-electron chi connectivity index (χ0n) is 9.10. The van der Waals surface area contributed by atoms with E-state index in [9.17, 15) is 14.7 Å². The molecule has 0 fully saturated rings. The third-order valence-corrected chi connectivity index (χ3v) is 1.83. The highest BCUT2D eigenvalue weighted by Gasteiger charge is 2.12. The smallest absolute Gasteiger partial charge is 0.278 e. The normalized spacial score (nSPS) is 9.71. The van der Waals surface area contributed by atoms with Gasteiger partial charge in [-0.1, -0.05) is 0 Å². The van der Waals surface area contributed by atoms with Gasteiger partial charge in [-0.15, -0.1) is 0 Å². The van der Waals surface area contributed by atoms with Crippen LogP contribution in [0.3, 0.4) is 0 Å². The Morgan fingerprint density at radius 2 is 2.18 bits per heavy atom. The van der Waals surface area contributed by atoms with Crippen LogP contribution in [0, 0.1) is 0 Å². The van der Waals surface area contributed by atoms with Gasteiger partial charge in [0.1, 0.15) is 11.5 Å². The van der Waals surface area contributed by atoms with Crippen LogP contribution in [0.5, 0.6) is 11.5 Å². The van der Waals surface area contributed by atoms with Gasteiger partial charge in [-0.05, 0) is 12.1 Å². The fourth-order valence-corrected chi connectivity index (χ4v) is 1.06. The minimum atomic E-state index is -0.718. The topological polar surface area (TPSA) is 111 Å². The van der Waals surface area contributed by atoms with Crippen LogP contribution in [-0.4, -0.2) is 30.6 Å². The number of phenols is 1. The lowest BCUT2D eigenvalue weighted by molar-refractivity contribution is -0.124. The molecule has 1 rings (SSSR count). The fraction of sp³-hybridized carbons (Fsp3) is 0.200. The van der Waals surface area contributed by atoms with Crippen LogP contribution in [0.1, 0.15) is 10.4 Å². The van der Waals surface area contributed by atoms with Crippen molar-refractivity contribution in [3.8, 4) is 11.5 Å². The van der Waals surface area contributed by atoms with Crippen molar-refractivity contribution in [2.45, 2.75) is 0 Å². The van der Waals surface area contributed by atoms with Gasteiger partial charge in [0.05, 0.1) is 12.7 Å². The third-order valence-electron chi connectivity index (χ3n) is 1.83. The number of phenolic OH excluding ortho intramolecular Hbond substituents is 1. The number of ether oxygens (including phenoxy) is 1. The number of methoxy groups -OCH3 is 1. The number of hydrogen-bond acceptors (Lipinski definition) is 5. The highest BCUT2D eigenvalue weighted by molar-refractivity contribution is 5.96. The molecule has 7 nitrogen and oxygen atoms in total. The average Bonchev–Trinajstić information content (AvgIpc) is 2.28. The molecule has 0 radical (unpaired) electrons. The molecule has 0 atom stereocenters. The van der Waals surface area contributed by atoms with E-state index in [0.717, 1.165) is 0 Å². The summed E-state index contributed by atoms with van der Waals surface area (Å²) in [5, 5.41) is 9.51.